The van der Waals surface area contributed by atoms with E-state index in [-0.39, 0.29) is 12.5 Å². The maximum absolute atomic E-state index is 12.4. The lowest BCUT2D eigenvalue weighted by molar-refractivity contribution is -0.135. The molecule has 0 saturated carbocycles. The zero-order valence-electron chi connectivity index (χ0n) is 15.4. The third-order valence-corrected chi connectivity index (χ3v) is 4.72. The maximum atomic E-state index is 12.4. The van der Waals surface area contributed by atoms with Crippen molar-refractivity contribution in [2.75, 3.05) is 26.3 Å². The van der Waals surface area contributed by atoms with Crippen molar-refractivity contribution in [2.24, 2.45) is 5.92 Å². The molecule has 2 aromatic carbocycles. The summed E-state index contributed by atoms with van der Waals surface area (Å²) in [6, 6.07) is 18.0. The molecule has 2 aromatic rings. The van der Waals surface area contributed by atoms with E-state index in [1.54, 1.807) is 0 Å². The number of piperidine rings is 1. The summed E-state index contributed by atoms with van der Waals surface area (Å²) < 4.78 is 11.5. The van der Waals surface area contributed by atoms with Crippen LogP contribution < -0.4 is 4.74 Å². The lowest BCUT2D eigenvalue weighted by atomic mass is 9.99. The van der Waals surface area contributed by atoms with Gasteiger partial charge in [0.2, 0.25) is 0 Å². The molecule has 0 bridgehead atoms. The van der Waals surface area contributed by atoms with Crippen molar-refractivity contribution in [3.8, 4) is 5.75 Å². The molecular formula is C22H27NO3. The first kappa shape index (κ1) is 18.5. The van der Waals surface area contributed by atoms with Crippen LogP contribution in [0.3, 0.4) is 0 Å². The van der Waals surface area contributed by atoms with E-state index in [4.69, 9.17) is 9.47 Å². The molecule has 1 fully saturated rings. The Morgan fingerprint density at radius 3 is 2.65 bits per heavy atom. The molecule has 4 heteroatoms. The number of hydrogen-bond acceptors (Lipinski definition) is 3. The summed E-state index contributed by atoms with van der Waals surface area (Å²) in [5, 5.41) is 0. The minimum Gasteiger partial charge on any atom is -0.484 e. The van der Waals surface area contributed by atoms with Gasteiger partial charge in [0.15, 0.2) is 6.61 Å². The van der Waals surface area contributed by atoms with Crippen LogP contribution in [0.15, 0.2) is 54.6 Å². The highest BCUT2D eigenvalue weighted by molar-refractivity contribution is 5.77. The van der Waals surface area contributed by atoms with Crippen molar-refractivity contribution in [1.82, 2.24) is 4.90 Å². The molecule has 1 amide bonds. The average Bonchev–Trinajstić information content (AvgIpc) is 2.68. The van der Waals surface area contributed by atoms with Crippen LogP contribution in [-0.2, 0) is 16.1 Å². The monoisotopic (exact) mass is 353 g/mol. The first-order valence-corrected chi connectivity index (χ1v) is 9.29. The summed E-state index contributed by atoms with van der Waals surface area (Å²) in [6.07, 6.45) is 2.13. The molecular weight excluding hydrogens is 326 g/mol. The van der Waals surface area contributed by atoms with Crippen molar-refractivity contribution in [1.29, 1.82) is 0 Å². The SMILES string of the molecule is Cc1ccc(OCC(=O)N2CCCC(COCc3ccccc3)C2)cc1. The normalized spacial score (nSPS) is 17.1. The Morgan fingerprint density at radius 2 is 1.88 bits per heavy atom. The minimum atomic E-state index is 0.0540. The van der Waals surface area contributed by atoms with Crippen molar-refractivity contribution in [2.45, 2.75) is 26.4 Å². The quantitative estimate of drug-likeness (QED) is 0.759. The van der Waals surface area contributed by atoms with Gasteiger partial charge in [-0.05, 0) is 43.4 Å². The van der Waals surface area contributed by atoms with E-state index in [1.807, 2.05) is 54.3 Å². The van der Waals surface area contributed by atoms with Crippen LogP contribution in [0.1, 0.15) is 24.0 Å². The molecule has 138 valence electrons. The third kappa shape index (κ3) is 5.60. The van der Waals surface area contributed by atoms with Crippen LogP contribution in [0.25, 0.3) is 0 Å². The van der Waals surface area contributed by atoms with Crippen LogP contribution >= 0.6 is 0 Å². The summed E-state index contributed by atoms with van der Waals surface area (Å²) in [4.78, 5) is 14.4. The Kier molecular flexibility index (Phi) is 6.67. The summed E-state index contributed by atoms with van der Waals surface area (Å²) in [5.74, 6) is 1.19. The topological polar surface area (TPSA) is 38.8 Å². The molecule has 0 aromatic heterocycles. The molecule has 1 unspecified atom stereocenters. The predicted octanol–water partition coefficient (Wildman–Crippen LogP) is 3.83. The van der Waals surface area contributed by atoms with Gasteiger partial charge in [0.1, 0.15) is 5.75 Å². The Labute approximate surface area is 155 Å². The van der Waals surface area contributed by atoms with Gasteiger partial charge in [0, 0.05) is 13.1 Å². The number of aryl methyl sites for hydroxylation is 1. The molecule has 0 spiro atoms. The van der Waals surface area contributed by atoms with E-state index in [1.165, 1.54) is 11.1 Å². The second kappa shape index (κ2) is 9.39. The molecule has 3 rings (SSSR count). The lowest BCUT2D eigenvalue weighted by Gasteiger charge is -2.32. The number of amides is 1. The molecule has 0 N–H and O–H groups in total. The smallest absolute Gasteiger partial charge is 0.260 e. The molecule has 1 heterocycles. The van der Waals surface area contributed by atoms with E-state index in [9.17, 15) is 4.79 Å². The van der Waals surface area contributed by atoms with Gasteiger partial charge in [0.05, 0.1) is 13.2 Å². The number of carbonyl (C=O) groups is 1. The van der Waals surface area contributed by atoms with Crippen molar-refractivity contribution >= 4 is 5.91 Å². The summed E-state index contributed by atoms with van der Waals surface area (Å²) in [6.45, 7) is 5.01. The highest BCUT2D eigenvalue weighted by Crippen LogP contribution is 2.18. The van der Waals surface area contributed by atoms with E-state index in [2.05, 4.69) is 12.1 Å². The average molecular weight is 353 g/mol. The standard InChI is InChI=1S/C22H27NO3/c1-18-9-11-21(12-10-18)26-17-22(24)23-13-5-8-20(14-23)16-25-15-19-6-3-2-4-7-19/h2-4,6-7,9-12,20H,5,8,13-17H2,1H3. The van der Waals surface area contributed by atoms with Gasteiger partial charge < -0.3 is 14.4 Å². The summed E-state index contributed by atoms with van der Waals surface area (Å²) >= 11 is 0. The van der Waals surface area contributed by atoms with Crippen molar-refractivity contribution in [3.63, 3.8) is 0 Å². The second-order valence-corrected chi connectivity index (χ2v) is 6.95. The van der Waals surface area contributed by atoms with E-state index in [0.29, 0.717) is 19.1 Å². The molecule has 1 aliphatic heterocycles. The Balaban J connectivity index is 1.40. The summed E-state index contributed by atoms with van der Waals surface area (Å²) in [5.41, 5.74) is 2.36. The highest BCUT2D eigenvalue weighted by atomic mass is 16.5. The highest BCUT2D eigenvalue weighted by Gasteiger charge is 2.24. The minimum absolute atomic E-state index is 0.0540. The second-order valence-electron chi connectivity index (χ2n) is 6.95. The molecule has 1 saturated heterocycles. The molecule has 4 nitrogen and oxygen atoms in total. The zero-order chi connectivity index (χ0) is 18.2. The van der Waals surface area contributed by atoms with Crippen molar-refractivity contribution in [3.05, 3.63) is 65.7 Å². The number of rotatable bonds is 7. The number of nitrogens with zero attached hydrogens (tertiary/aromatic N) is 1. The van der Waals surface area contributed by atoms with Gasteiger partial charge in [-0.25, -0.2) is 0 Å². The fraction of sp³-hybridized carbons (Fsp3) is 0.409. The van der Waals surface area contributed by atoms with Crippen LogP contribution in [-0.4, -0.2) is 37.1 Å². The molecule has 1 atom stereocenters. The van der Waals surface area contributed by atoms with Crippen LogP contribution in [0.5, 0.6) is 5.75 Å². The molecule has 1 aliphatic rings. The molecule has 26 heavy (non-hydrogen) atoms. The van der Waals surface area contributed by atoms with E-state index >= 15 is 0 Å². The number of ether oxygens (including phenoxy) is 2. The lowest BCUT2D eigenvalue weighted by Crippen LogP contribution is -2.43. The first-order chi connectivity index (χ1) is 12.7. The summed E-state index contributed by atoms with van der Waals surface area (Å²) in [7, 11) is 0. The van der Waals surface area contributed by atoms with Crippen molar-refractivity contribution < 1.29 is 14.3 Å². The van der Waals surface area contributed by atoms with E-state index < -0.39 is 0 Å². The maximum Gasteiger partial charge on any atom is 0.260 e. The van der Waals surface area contributed by atoms with Crippen LogP contribution in [0.4, 0.5) is 0 Å². The zero-order valence-corrected chi connectivity index (χ0v) is 15.4. The van der Waals surface area contributed by atoms with Gasteiger partial charge >= 0.3 is 0 Å². The van der Waals surface area contributed by atoms with E-state index in [0.717, 1.165) is 31.7 Å². The van der Waals surface area contributed by atoms with Gasteiger partial charge in [-0.1, -0.05) is 48.0 Å². The van der Waals surface area contributed by atoms with Gasteiger partial charge in [-0.2, -0.15) is 0 Å². The number of carbonyl (C=O) groups excluding carboxylic acids is 1. The van der Waals surface area contributed by atoms with Crippen LogP contribution in [0, 0.1) is 12.8 Å². The Bertz CT molecular complexity index is 684. The number of benzene rings is 2. The Hall–Kier alpha value is -2.33. The Morgan fingerprint density at radius 1 is 1.12 bits per heavy atom. The fourth-order valence-electron chi connectivity index (χ4n) is 3.22. The first-order valence-electron chi connectivity index (χ1n) is 9.29. The van der Waals surface area contributed by atoms with Gasteiger partial charge in [-0.3, -0.25) is 4.79 Å². The number of hydrogen-bond donors (Lipinski definition) is 0. The fourth-order valence-corrected chi connectivity index (χ4v) is 3.22. The van der Waals surface area contributed by atoms with Gasteiger partial charge in [-0.15, -0.1) is 0 Å². The molecule has 0 aliphatic carbocycles. The molecule has 0 radical (unpaired) electrons. The number of likely N-dealkylation sites (tertiary alicyclic amines) is 1. The third-order valence-electron chi connectivity index (χ3n) is 4.72. The largest absolute Gasteiger partial charge is 0.484 e. The van der Waals surface area contributed by atoms with Crippen LogP contribution in [0.2, 0.25) is 0 Å². The van der Waals surface area contributed by atoms with Gasteiger partial charge in [0.25, 0.3) is 5.91 Å². The predicted molar refractivity (Wildman–Crippen MR) is 102 cm³/mol.